The Morgan fingerprint density at radius 2 is 1.11 bits per heavy atom. The molecule has 3 atom stereocenters. The van der Waals surface area contributed by atoms with E-state index in [0.29, 0.717) is 12.8 Å². The Bertz CT molecular complexity index is 2340. The first kappa shape index (κ1) is 60.0. The number of amides is 5. The molecular formula is C47H66N8O16S2. The van der Waals surface area contributed by atoms with E-state index < -0.39 is 65.3 Å². The number of phenolic OH excluding ortho intramolecular Hbond substituents is 4. The Morgan fingerprint density at radius 3 is 1.62 bits per heavy atom. The number of carbonyl (C=O) groups is 6. The van der Waals surface area contributed by atoms with E-state index >= 15 is 0 Å². The number of aliphatic imine (C=N–C) groups is 1. The standard InChI is InChI=1S/C47H66N8O16S2/c1-66-33-22-31(56)39(68-3)41(37(33)60)72-25-35(58)50-19-11-9-16-28(53-36(59)26-73-42-38(61)34(67-2)23-32(57)40(42)69-4)43(62)54-29(44(63)55-30(45(64)70-5)18-13-21-51-46(48)49)17-10-12-20-52-47(65)71-24-27-14-7-6-8-15-27/h6-8,14-15,22-23,28-30,56-57,60-61H,9-13,16-21,24-26H2,1-5H3,(H,50,58)(H,52,65)(H,53,59)(H,54,62)(H,55,63)(H4,48,49,51)/t28-,29-,30-/m0/s1. The van der Waals surface area contributed by atoms with Crippen LogP contribution in [-0.4, -0.2) is 147 Å². The van der Waals surface area contributed by atoms with Gasteiger partial charge in [0.05, 0.1) is 56.8 Å². The molecule has 0 aliphatic carbocycles. The molecule has 0 aromatic heterocycles. The van der Waals surface area contributed by atoms with Gasteiger partial charge in [-0.05, 0) is 56.9 Å². The van der Waals surface area contributed by atoms with Crippen molar-refractivity contribution in [1.82, 2.24) is 26.6 Å². The highest BCUT2D eigenvalue weighted by Gasteiger charge is 2.31. The lowest BCUT2D eigenvalue weighted by molar-refractivity contribution is -0.145. The summed E-state index contributed by atoms with van der Waals surface area (Å²) < 4.78 is 30.9. The molecule has 5 amide bonds. The van der Waals surface area contributed by atoms with E-state index in [9.17, 15) is 49.2 Å². The van der Waals surface area contributed by atoms with Crippen LogP contribution in [-0.2, 0) is 40.1 Å². The molecule has 0 heterocycles. The van der Waals surface area contributed by atoms with Gasteiger partial charge in [-0.25, -0.2) is 9.59 Å². The summed E-state index contributed by atoms with van der Waals surface area (Å²) in [5, 5.41) is 55.6. The predicted octanol–water partition coefficient (Wildman–Crippen LogP) is 2.49. The monoisotopic (exact) mass is 1060 g/mol. The topological polar surface area (TPSA) is 363 Å². The second kappa shape index (κ2) is 31.9. The van der Waals surface area contributed by atoms with E-state index in [1.54, 1.807) is 0 Å². The van der Waals surface area contributed by atoms with Crippen molar-refractivity contribution in [2.75, 3.05) is 66.7 Å². The van der Waals surface area contributed by atoms with Gasteiger partial charge in [-0.2, -0.15) is 0 Å². The SMILES string of the molecule is COC(=O)[C@H](CCCN=C(N)N)NC(=O)[C@H](CCCCNC(=O)OCc1ccccc1)NC(=O)[C@H](CCCCNC(=O)CSc1c(O)c(OC)cc(O)c1OC)NC(=O)CSc1c(O)c(OC)cc(O)c1OC. The number of rotatable bonds is 32. The zero-order valence-corrected chi connectivity index (χ0v) is 42.9. The van der Waals surface area contributed by atoms with Gasteiger partial charge in [0.1, 0.15) is 24.7 Å². The number of unbranched alkanes of at least 4 members (excludes halogenated alkanes) is 2. The Balaban J connectivity index is 1.79. The molecule has 0 saturated heterocycles. The fourth-order valence-corrected chi connectivity index (χ4v) is 8.69. The summed E-state index contributed by atoms with van der Waals surface area (Å²) in [5.74, 6) is -5.87. The van der Waals surface area contributed by atoms with Crippen molar-refractivity contribution in [3.8, 4) is 46.0 Å². The first-order chi connectivity index (χ1) is 35.0. The molecule has 0 spiro atoms. The molecule has 24 nitrogen and oxygen atoms in total. The maximum atomic E-state index is 14.3. The fourth-order valence-electron chi connectivity index (χ4n) is 6.84. The normalized spacial score (nSPS) is 11.9. The van der Waals surface area contributed by atoms with E-state index in [-0.39, 0.29) is 127 Å². The lowest BCUT2D eigenvalue weighted by Gasteiger charge is -2.25. The Hall–Kier alpha value is -7.35. The first-order valence-corrected chi connectivity index (χ1v) is 24.8. The molecule has 0 bridgehead atoms. The number of alkyl carbamates (subject to hydrolysis) is 1. The van der Waals surface area contributed by atoms with Gasteiger partial charge in [-0.1, -0.05) is 30.3 Å². The minimum Gasteiger partial charge on any atom is -0.504 e. The number of nitrogens with one attached hydrogen (secondary N) is 5. The number of benzene rings is 3. The highest BCUT2D eigenvalue weighted by molar-refractivity contribution is 8.00. The van der Waals surface area contributed by atoms with Crippen molar-refractivity contribution in [3.63, 3.8) is 0 Å². The number of ether oxygens (including phenoxy) is 6. The van der Waals surface area contributed by atoms with Gasteiger partial charge in [0, 0.05) is 31.8 Å². The van der Waals surface area contributed by atoms with Crippen LogP contribution in [0.1, 0.15) is 56.9 Å². The fraction of sp³-hybridized carbons (Fsp3) is 0.468. The number of hydrogen-bond acceptors (Lipinski definition) is 19. The Kier molecular flexibility index (Phi) is 26.2. The van der Waals surface area contributed by atoms with Crippen molar-refractivity contribution in [1.29, 1.82) is 0 Å². The highest BCUT2D eigenvalue weighted by atomic mass is 32.2. The van der Waals surface area contributed by atoms with E-state index in [1.165, 1.54) is 34.5 Å². The van der Waals surface area contributed by atoms with E-state index in [0.717, 1.165) is 42.3 Å². The van der Waals surface area contributed by atoms with Gasteiger partial charge in [0.15, 0.2) is 52.0 Å². The molecule has 73 heavy (non-hydrogen) atoms. The average molecular weight is 1060 g/mol. The second-order valence-electron chi connectivity index (χ2n) is 15.7. The summed E-state index contributed by atoms with van der Waals surface area (Å²) in [4.78, 5) is 83.9. The zero-order chi connectivity index (χ0) is 53.9. The summed E-state index contributed by atoms with van der Waals surface area (Å²) in [6.45, 7) is 0.484. The molecule has 26 heteroatoms. The number of methoxy groups -OCH3 is 5. The predicted molar refractivity (Wildman–Crippen MR) is 270 cm³/mol. The van der Waals surface area contributed by atoms with Crippen LogP contribution in [0.15, 0.2) is 57.2 Å². The van der Waals surface area contributed by atoms with Crippen LogP contribution in [0.5, 0.6) is 46.0 Å². The van der Waals surface area contributed by atoms with Crippen LogP contribution >= 0.6 is 23.5 Å². The molecular weight excluding hydrogens is 997 g/mol. The molecule has 3 aromatic rings. The van der Waals surface area contributed by atoms with Crippen LogP contribution in [0.25, 0.3) is 0 Å². The summed E-state index contributed by atoms with van der Waals surface area (Å²) in [6, 6.07) is 7.67. The molecule has 3 aromatic carbocycles. The minimum absolute atomic E-state index is 0.00549. The quantitative estimate of drug-likeness (QED) is 0.0107. The summed E-state index contributed by atoms with van der Waals surface area (Å²) in [5.41, 5.74) is 11.7. The minimum atomic E-state index is -1.28. The summed E-state index contributed by atoms with van der Waals surface area (Å²) >= 11 is 1.68. The number of phenols is 4. The van der Waals surface area contributed by atoms with Crippen LogP contribution in [0.2, 0.25) is 0 Å². The van der Waals surface area contributed by atoms with Crippen LogP contribution < -0.4 is 57.0 Å². The van der Waals surface area contributed by atoms with Crippen LogP contribution in [0.4, 0.5) is 4.79 Å². The molecule has 0 saturated carbocycles. The number of hydrogen-bond donors (Lipinski definition) is 11. The molecule has 13 N–H and O–H groups in total. The largest absolute Gasteiger partial charge is 0.504 e. The third-order valence-electron chi connectivity index (χ3n) is 10.5. The lowest BCUT2D eigenvalue weighted by Crippen LogP contribution is -2.56. The Labute approximate surface area is 431 Å². The second-order valence-corrected chi connectivity index (χ2v) is 17.7. The molecule has 3 rings (SSSR count). The molecule has 402 valence electrons. The smallest absolute Gasteiger partial charge is 0.407 e. The van der Waals surface area contributed by atoms with Crippen molar-refractivity contribution in [2.24, 2.45) is 16.5 Å². The van der Waals surface area contributed by atoms with Crippen molar-refractivity contribution in [3.05, 3.63) is 48.0 Å². The number of nitrogens with two attached hydrogens (primary N) is 2. The average Bonchev–Trinajstić information content (AvgIpc) is 3.37. The number of carbonyl (C=O) groups excluding carboxylic acids is 6. The molecule has 0 aliphatic rings. The number of aromatic hydroxyl groups is 4. The number of esters is 1. The highest BCUT2D eigenvalue weighted by Crippen LogP contribution is 2.49. The van der Waals surface area contributed by atoms with Gasteiger partial charge in [-0.15, -0.1) is 23.5 Å². The van der Waals surface area contributed by atoms with E-state index in [2.05, 4.69) is 31.6 Å². The molecule has 0 unspecified atom stereocenters. The number of nitrogens with zero attached hydrogens (tertiary/aromatic N) is 1. The van der Waals surface area contributed by atoms with Crippen molar-refractivity contribution in [2.45, 2.75) is 85.9 Å². The maximum Gasteiger partial charge on any atom is 0.407 e. The van der Waals surface area contributed by atoms with Crippen molar-refractivity contribution >= 4 is 65.2 Å². The summed E-state index contributed by atoms with van der Waals surface area (Å²) in [6.07, 6.45) is 0.869. The zero-order valence-electron chi connectivity index (χ0n) is 41.3. The molecule has 0 aliphatic heterocycles. The summed E-state index contributed by atoms with van der Waals surface area (Å²) in [7, 11) is 6.27. The third-order valence-corrected chi connectivity index (χ3v) is 12.7. The maximum absolute atomic E-state index is 14.3. The lowest BCUT2D eigenvalue weighted by atomic mass is 10.0. The first-order valence-electron chi connectivity index (χ1n) is 22.8. The Morgan fingerprint density at radius 1 is 0.616 bits per heavy atom. The van der Waals surface area contributed by atoms with Crippen molar-refractivity contribution < 1.29 is 77.6 Å². The third kappa shape index (κ3) is 20.0. The number of guanidine groups is 1. The molecule has 0 radical (unpaired) electrons. The van der Waals surface area contributed by atoms with Gasteiger partial charge in [-0.3, -0.25) is 24.2 Å². The van der Waals surface area contributed by atoms with Gasteiger partial charge >= 0.3 is 12.1 Å². The van der Waals surface area contributed by atoms with Crippen LogP contribution in [0, 0.1) is 0 Å². The van der Waals surface area contributed by atoms with Crippen LogP contribution in [0.3, 0.4) is 0 Å². The van der Waals surface area contributed by atoms with E-state index in [1.807, 2.05) is 30.3 Å². The van der Waals surface area contributed by atoms with E-state index in [4.69, 9.17) is 39.9 Å². The van der Waals surface area contributed by atoms with Gasteiger partial charge in [0.25, 0.3) is 0 Å². The van der Waals surface area contributed by atoms with Gasteiger partial charge in [0.2, 0.25) is 23.6 Å². The number of thioether (sulfide) groups is 2. The molecule has 0 fully saturated rings. The van der Waals surface area contributed by atoms with Gasteiger partial charge < -0.3 is 86.9 Å².